The van der Waals surface area contributed by atoms with Gasteiger partial charge in [0.05, 0.1) is 0 Å². The maximum absolute atomic E-state index is 12.2. The van der Waals surface area contributed by atoms with E-state index in [1.165, 1.54) is 0 Å². The van der Waals surface area contributed by atoms with E-state index in [1.54, 1.807) is 0 Å². The Balaban J connectivity index is 2.48. The summed E-state index contributed by atoms with van der Waals surface area (Å²) >= 11 is 0. The van der Waals surface area contributed by atoms with Gasteiger partial charge < -0.3 is 10.4 Å². The Kier molecular flexibility index (Phi) is 6.03. The van der Waals surface area contributed by atoms with Gasteiger partial charge in [-0.3, -0.25) is 4.79 Å². The molecule has 0 saturated heterocycles. The van der Waals surface area contributed by atoms with Crippen molar-refractivity contribution in [1.82, 2.24) is 5.32 Å². The molecule has 1 aliphatic carbocycles. The highest BCUT2D eigenvalue weighted by molar-refractivity contribution is 5.84. The SMILES string of the molecule is CCCC(NC(=O)C1CCC(C(C)(C)C)CC1)C(=O)O. The lowest BCUT2D eigenvalue weighted by atomic mass is 9.69. The first-order chi connectivity index (χ1) is 9.25. The van der Waals surface area contributed by atoms with Gasteiger partial charge in [0.1, 0.15) is 6.04 Å². The molecule has 1 unspecified atom stereocenters. The lowest BCUT2D eigenvalue weighted by Gasteiger charge is -2.36. The molecular weight excluding hydrogens is 254 g/mol. The van der Waals surface area contributed by atoms with Gasteiger partial charge in [0.25, 0.3) is 0 Å². The molecule has 0 bridgehead atoms. The number of hydrogen-bond acceptors (Lipinski definition) is 2. The van der Waals surface area contributed by atoms with E-state index < -0.39 is 12.0 Å². The van der Waals surface area contributed by atoms with Crippen LogP contribution in [0.1, 0.15) is 66.2 Å². The van der Waals surface area contributed by atoms with Gasteiger partial charge in [-0.1, -0.05) is 34.1 Å². The van der Waals surface area contributed by atoms with Crippen LogP contribution in [0.3, 0.4) is 0 Å². The fraction of sp³-hybridized carbons (Fsp3) is 0.875. The van der Waals surface area contributed by atoms with Gasteiger partial charge >= 0.3 is 5.97 Å². The third kappa shape index (κ3) is 4.80. The maximum Gasteiger partial charge on any atom is 0.326 e. The van der Waals surface area contributed by atoms with Crippen LogP contribution in [-0.2, 0) is 9.59 Å². The van der Waals surface area contributed by atoms with E-state index in [2.05, 4.69) is 26.1 Å². The highest BCUT2D eigenvalue weighted by atomic mass is 16.4. The Labute approximate surface area is 122 Å². The number of carboxylic acid groups (broad SMARTS) is 1. The quantitative estimate of drug-likeness (QED) is 0.814. The minimum Gasteiger partial charge on any atom is -0.480 e. The molecule has 1 rings (SSSR count). The summed E-state index contributed by atoms with van der Waals surface area (Å²) in [7, 11) is 0. The molecule has 0 radical (unpaired) electrons. The van der Waals surface area contributed by atoms with E-state index in [1.807, 2.05) is 6.92 Å². The first-order valence-corrected chi connectivity index (χ1v) is 7.78. The molecule has 1 aliphatic rings. The Bertz CT molecular complexity index is 338. The fourth-order valence-corrected chi connectivity index (χ4v) is 3.06. The average Bonchev–Trinajstić information content (AvgIpc) is 2.37. The molecule has 1 amide bonds. The van der Waals surface area contributed by atoms with Gasteiger partial charge in [0.15, 0.2) is 0 Å². The summed E-state index contributed by atoms with van der Waals surface area (Å²) in [6, 6.07) is -0.729. The normalized spacial score (nSPS) is 25.0. The van der Waals surface area contributed by atoms with Crippen molar-refractivity contribution in [2.24, 2.45) is 17.3 Å². The van der Waals surface area contributed by atoms with E-state index in [-0.39, 0.29) is 11.8 Å². The van der Waals surface area contributed by atoms with Crippen molar-refractivity contribution in [3.8, 4) is 0 Å². The summed E-state index contributed by atoms with van der Waals surface area (Å²) < 4.78 is 0. The van der Waals surface area contributed by atoms with Crippen molar-refractivity contribution in [3.63, 3.8) is 0 Å². The van der Waals surface area contributed by atoms with Crippen molar-refractivity contribution in [2.75, 3.05) is 0 Å². The molecule has 0 aromatic carbocycles. The molecule has 0 heterocycles. The summed E-state index contributed by atoms with van der Waals surface area (Å²) in [5.74, 6) is -0.341. The number of carbonyl (C=O) groups excluding carboxylic acids is 1. The Morgan fingerprint density at radius 3 is 2.15 bits per heavy atom. The van der Waals surface area contributed by atoms with E-state index in [0.29, 0.717) is 17.8 Å². The Morgan fingerprint density at radius 1 is 1.20 bits per heavy atom. The molecule has 1 fully saturated rings. The van der Waals surface area contributed by atoms with Gasteiger partial charge in [-0.05, 0) is 43.4 Å². The highest BCUT2D eigenvalue weighted by Gasteiger charge is 2.33. The van der Waals surface area contributed by atoms with Crippen LogP contribution >= 0.6 is 0 Å². The monoisotopic (exact) mass is 283 g/mol. The van der Waals surface area contributed by atoms with Crippen molar-refractivity contribution < 1.29 is 14.7 Å². The van der Waals surface area contributed by atoms with E-state index in [0.717, 1.165) is 32.1 Å². The van der Waals surface area contributed by atoms with Crippen LogP contribution < -0.4 is 5.32 Å². The zero-order valence-corrected chi connectivity index (χ0v) is 13.2. The molecule has 4 nitrogen and oxygen atoms in total. The van der Waals surface area contributed by atoms with Gasteiger partial charge in [-0.15, -0.1) is 0 Å². The van der Waals surface area contributed by atoms with Crippen LogP contribution in [0.25, 0.3) is 0 Å². The molecule has 0 spiro atoms. The summed E-state index contributed by atoms with van der Waals surface area (Å²) in [6.07, 6.45) is 5.14. The number of rotatable bonds is 5. The minimum absolute atomic E-state index is 0.00712. The summed E-state index contributed by atoms with van der Waals surface area (Å²) in [5.41, 5.74) is 0.299. The third-order valence-electron chi connectivity index (χ3n) is 4.51. The largest absolute Gasteiger partial charge is 0.480 e. The topological polar surface area (TPSA) is 66.4 Å². The predicted molar refractivity (Wildman–Crippen MR) is 79.4 cm³/mol. The number of hydrogen-bond donors (Lipinski definition) is 2. The van der Waals surface area contributed by atoms with Gasteiger partial charge in [0.2, 0.25) is 5.91 Å². The van der Waals surface area contributed by atoms with Crippen LogP contribution in [0.15, 0.2) is 0 Å². The molecule has 2 N–H and O–H groups in total. The summed E-state index contributed by atoms with van der Waals surface area (Å²) in [5, 5.41) is 11.8. The number of nitrogens with one attached hydrogen (secondary N) is 1. The van der Waals surface area contributed by atoms with E-state index in [9.17, 15) is 9.59 Å². The molecule has 20 heavy (non-hydrogen) atoms. The zero-order chi connectivity index (χ0) is 15.3. The predicted octanol–water partition coefficient (Wildman–Crippen LogP) is 3.21. The average molecular weight is 283 g/mol. The van der Waals surface area contributed by atoms with Crippen LogP contribution in [0, 0.1) is 17.3 Å². The summed E-state index contributed by atoms with van der Waals surface area (Å²) in [6.45, 7) is 8.68. The molecule has 1 saturated carbocycles. The molecule has 0 aromatic rings. The van der Waals surface area contributed by atoms with Crippen molar-refractivity contribution in [1.29, 1.82) is 0 Å². The van der Waals surface area contributed by atoms with Gasteiger partial charge in [-0.25, -0.2) is 4.79 Å². The fourth-order valence-electron chi connectivity index (χ4n) is 3.06. The van der Waals surface area contributed by atoms with E-state index >= 15 is 0 Å². The standard InChI is InChI=1S/C16H29NO3/c1-5-6-13(15(19)20)17-14(18)11-7-9-12(10-8-11)16(2,3)4/h11-13H,5-10H2,1-4H3,(H,17,18)(H,19,20). The molecule has 1 atom stereocenters. The second kappa shape index (κ2) is 7.09. The number of carboxylic acids is 1. The smallest absolute Gasteiger partial charge is 0.326 e. The summed E-state index contributed by atoms with van der Waals surface area (Å²) in [4.78, 5) is 23.2. The molecular formula is C16H29NO3. The van der Waals surface area contributed by atoms with Gasteiger partial charge in [0, 0.05) is 5.92 Å². The van der Waals surface area contributed by atoms with Crippen molar-refractivity contribution >= 4 is 11.9 Å². The van der Waals surface area contributed by atoms with E-state index in [4.69, 9.17) is 5.11 Å². The number of aliphatic carboxylic acids is 1. The van der Waals surface area contributed by atoms with Crippen LogP contribution in [0.2, 0.25) is 0 Å². The maximum atomic E-state index is 12.2. The second-order valence-electron chi connectivity index (χ2n) is 7.10. The zero-order valence-electron chi connectivity index (χ0n) is 13.2. The van der Waals surface area contributed by atoms with Crippen LogP contribution in [-0.4, -0.2) is 23.0 Å². The lowest BCUT2D eigenvalue weighted by Crippen LogP contribution is -2.44. The highest BCUT2D eigenvalue weighted by Crippen LogP contribution is 2.39. The van der Waals surface area contributed by atoms with Crippen molar-refractivity contribution in [2.45, 2.75) is 72.3 Å². The molecule has 116 valence electrons. The Morgan fingerprint density at radius 2 is 1.75 bits per heavy atom. The third-order valence-corrected chi connectivity index (χ3v) is 4.51. The molecule has 0 aromatic heterocycles. The Hall–Kier alpha value is -1.06. The first kappa shape index (κ1) is 17.0. The number of amides is 1. The van der Waals surface area contributed by atoms with Crippen LogP contribution in [0.4, 0.5) is 0 Å². The first-order valence-electron chi connectivity index (χ1n) is 7.78. The number of carbonyl (C=O) groups is 2. The van der Waals surface area contributed by atoms with Crippen molar-refractivity contribution in [3.05, 3.63) is 0 Å². The second-order valence-corrected chi connectivity index (χ2v) is 7.10. The molecule has 0 aliphatic heterocycles. The minimum atomic E-state index is -0.927. The molecule has 4 heteroatoms. The van der Waals surface area contributed by atoms with Gasteiger partial charge in [-0.2, -0.15) is 0 Å². The van der Waals surface area contributed by atoms with Crippen LogP contribution in [0.5, 0.6) is 0 Å². The lowest BCUT2D eigenvalue weighted by molar-refractivity contribution is -0.143.